The van der Waals surface area contributed by atoms with Gasteiger partial charge in [0.05, 0.1) is 0 Å². The summed E-state index contributed by atoms with van der Waals surface area (Å²) >= 11 is 0. The Kier molecular flexibility index (Phi) is 2.66. The van der Waals surface area contributed by atoms with E-state index in [0.29, 0.717) is 28.7 Å². The molecule has 5 rings (SSSR count). The number of carbonyl (C=O) groups is 2. The van der Waals surface area contributed by atoms with Gasteiger partial charge in [-0.05, 0) is 58.7 Å². The number of hydrogen-bond donors (Lipinski definition) is 0. The minimum absolute atomic E-state index is 0.0130. The smallest absolute Gasteiger partial charge is 0.194 e. The Hall–Kier alpha value is -3.00. The summed E-state index contributed by atoms with van der Waals surface area (Å²) in [5.74, 6) is -0.00961. The molecule has 2 heteroatoms. The maximum absolute atomic E-state index is 12.9. The van der Waals surface area contributed by atoms with Gasteiger partial charge in [0.15, 0.2) is 11.6 Å². The highest BCUT2D eigenvalue weighted by Gasteiger charge is 2.31. The molecule has 0 heterocycles. The van der Waals surface area contributed by atoms with Crippen molar-refractivity contribution in [3.63, 3.8) is 0 Å². The van der Waals surface area contributed by atoms with Gasteiger partial charge in [0.1, 0.15) is 0 Å². The molecule has 24 heavy (non-hydrogen) atoms. The number of rotatable bonds is 0. The Labute approximate surface area is 139 Å². The summed E-state index contributed by atoms with van der Waals surface area (Å²) in [6.45, 7) is 0. The van der Waals surface area contributed by atoms with Crippen LogP contribution in [0, 0.1) is 0 Å². The summed E-state index contributed by atoms with van der Waals surface area (Å²) < 4.78 is 0. The lowest BCUT2D eigenvalue weighted by Crippen LogP contribution is -2.22. The van der Waals surface area contributed by atoms with Gasteiger partial charge in [-0.1, -0.05) is 36.4 Å². The molecule has 2 aliphatic rings. The largest absolute Gasteiger partial charge is 0.289 e. The predicted octanol–water partition coefficient (Wildman–Crippen LogP) is 5.02. The van der Waals surface area contributed by atoms with Crippen molar-refractivity contribution in [1.29, 1.82) is 0 Å². The number of fused-ring (bicyclic) bond motifs is 3. The zero-order valence-corrected chi connectivity index (χ0v) is 13.0. The zero-order valence-electron chi connectivity index (χ0n) is 13.0. The van der Waals surface area contributed by atoms with Crippen LogP contribution in [0.25, 0.3) is 21.5 Å². The molecule has 0 N–H and O–H groups in total. The quantitative estimate of drug-likeness (QED) is 0.546. The van der Waals surface area contributed by atoms with Crippen LogP contribution in [0.3, 0.4) is 0 Å². The lowest BCUT2D eigenvalue weighted by Gasteiger charge is -2.22. The van der Waals surface area contributed by atoms with Crippen LogP contribution >= 0.6 is 0 Å². The van der Waals surface area contributed by atoms with Gasteiger partial charge in [-0.3, -0.25) is 9.59 Å². The molecule has 3 aromatic rings. The molecular formula is C22H14O2. The highest BCUT2D eigenvalue weighted by Crippen LogP contribution is 2.35. The van der Waals surface area contributed by atoms with Crippen LogP contribution in [0.4, 0.5) is 0 Å². The van der Waals surface area contributed by atoms with E-state index in [1.165, 1.54) is 0 Å². The fourth-order valence-electron chi connectivity index (χ4n) is 3.79. The first kappa shape index (κ1) is 13.4. The SMILES string of the molecule is O=C1C2=C(CCC=C2)C(=O)c2cc3cc4ccccc4cc3cc21. The van der Waals surface area contributed by atoms with Crippen molar-refractivity contribution in [3.8, 4) is 0 Å². The average molecular weight is 310 g/mol. The third-order valence-electron chi connectivity index (χ3n) is 5.02. The van der Waals surface area contributed by atoms with Crippen molar-refractivity contribution in [3.05, 3.63) is 83.0 Å². The topological polar surface area (TPSA) is 34.1 Å². The Morgan fingerprint density at radius 2 is 1.33 bits per heavy atom. The van der Waals surface area contributed by atoms with Crippen LogP contribution in [-0.2, 0) is 0 Å². The van der Waals surface area contributed by atoms with E-state index in [1.54, 1.807) is 0 Å². The minimum Gasteiger partial charge on any atom is -0.289 e. The van der Waals surface area contributed by atoms with Gasteiger partial charge in [0.25, 0.3) is 0 Å². The highest BCUT2D eigenvalue weighted by atomic mass is 16.1. The molecule has 0 radical (unpaired) electrons. The van der Waals surface area contributed by atoms with Crippen molar-refractivity contribution in [2.24, 2.45) is 0 Å². The standard InChI is InChI=1S/C22H14O2/c23-21-17-7-3-4-8-18(17)22(24)20-12-16-10-14-6-2-1-5-13(14)9-15(16)11-19(20)21/h1-3,5-7,9-12H,4,8H2. The first-order chi connectivity index (χ1) is 11.7. The van der Waals surface area contributed by atoms with Crippen molar-refractivity contribution < 1.29 is 9.59 Å². The van der Waals surface area contributed by atoms with E-state index in [-0.39, 0.29) is 11.6 Å². The molecule has 0 saturated heterocycles. The highest BCUT2D eigenvalue weighted by molar-refractivity contribution is 6.29. The molecule has 3 aromatic carbocycles. The van der Waals surface area contributed by atoms with Gasteiger partial charge in [0.2, 0.25) is 0 Å². The second kappa shape index (κ2) is 4.75. The average Bonchev–Trinajstić information content (AvgIpc) is 2.63. The van der Waals surface area contributed by atoms with Gasteiger partial charge in [-0.15, -0.1) is 0 Å². The summed E-state index contributed by atoms with van der Waals surface area (Å²) in [4.78, 5) is 25.7. The minimum atomic E-state index is -0.0226. The Morgan fingerprint density at radius 3 is 2.00 bits per heavy atom. The molecule has 0 bridgehead atoms. The second-order valence-electron chi connectivity index (χ2n) is 6.44. The molecule has 0 unspecified atom stereocenters. The van der Waals surface area contributed by atoms with Crippen molar-refractivity contribution in [2.45, 2.75) is 12.8 Å². The first-order valence-electron chi connectivity index (χ1n) is 8.18. The summed E-state index contributed by atoms with van der Waals surface area (Å²) in [7, 11) is 0. The van der Waals surface area contributed by atoms with Crippen LogP contribution in [0.5, 0.6) is 0 Å². The van der Waals surface area contributed by atoms with Crippen LogP contribution in [0.15, 0.2) is 71.8 Å². The van der Waals surface area contributed by atoms with E-state index in [2.05, 4.69) is 24.3 Å². The first-order valence-corrected chi connectivity index (χ1v) is 8.18. The lowest BCUT2D eigenvalue weighted by molar-refractivity contribution is 0.0974. The van der Waals surface area contributed by atoms with E-state index in [0.717, 1.165) is 28.0 Å². The van der Waals surface area contributed by atoms with Crippen molar-refractivity contribution in [1.82, 2.24) is 0 Å². The van der Waals surface area contributed by atoms with E-state index in [9.17, 15) is 9.59 Å². The number of ketones is 2. The molecule has 114 valence electrons. The molecular weight excluding hydrogens is 296 g/mol. The predicted molar refractivity (Wildman–Crippen MR) is 95.5 cm³/mol. The lowest BCUT2D eigenvalue weighted by atomic mass is 9.79. The monoisotopic (exact) mass is 310 g/mol. The van der Waals surface area contributed by atoms with E-state index < -0.39 is 0 Å². The summed E-state index contributed by atoms with van der Waals surface area (Å²) in [6, 6.07) is 16.1. The number of carbonyl (C=O) groups excluding carboxylic acids is 2. The van der Waals surface area contributed by atoms with Gasteiger partial charge >= 0.3 is 0 Å². The van der Waals surface area contributed by atoms with Gasteiger partial charge in [0, 0.05) is 22.3 Å². The Morgan fingerprint density at radius 1 is 0.708 bits per heavy atom. The summed E-state index contributed by atoms with van der Waals surface area (Å²) in [6.07, 6.45) is 5.27. The second-order valence-corrected chi connectivity index (χ2v) is 6.44. The summed E-state index contributed by atoms with van der Waals surface area (Å²) in [5, 5.41) is 4.28. The van der Waals surface area contributed by atoms with Crippen molar-refractivity contribution in [2.75, 3.05) is 0 Å². The van der Waals surface area contributed by atoms with Crippen LogP contribution in [0.2, 0.25) is 0 Å². The van der Waals surface area contributed by atoms with Crippen LogP contribution < -0.4 is 0 Å². The number of hydrogen-bond acceptors (Lipinski definition) is 2. The third kappa shape index (κ3) is 1.77. The van der Waals surface area contributed by atoms with Gasteiger partial charge in [-0.25, -0.2) is 0 Å². The van der Waals surface area contributed by atoms with Gasteiger partial charge in [-0.2, -0.15) is 0 Å². The maximum Gasteiger partial charge on any atom is 0.194 e. The third-order valence-corrected chi connectivity index (χ3v) is 5.02. The maximum atomic E-state index is 12.9. The fourth-order valence-corrected chi connectivity index (χ4v) is 3.79. The number of benzene rings is 3. The number of Topliss-reactive ketones (excluding diaryl/α,β-unsaturated/α-hetero) is 2. The number of allylic oxidation sites excluding steroid dienone is 4. The molecule has 0 fully saturated rings. The Bertz CT molecular complexity index is 1130. The molecule has 0 amide bonds. The van der Waals surface area contributed by atoms with Gasteiger partial charge < -0.3 is 0 Å². The fraction of sp³-hybridized carbons (Fsp3) is 0.0909. The normalized spacial score (nSPS) is 16.7. The molecule has 0 saturated carbocycles. The molecule has 2 aliphatic carbocycles. The van der Waals surface area contributed by atoms with Crippen LogP contribution in [0.1, 0.15) is 33.6 Å². The molecule has 0 aromatic heterocycles. The molecule has 2 nitrogen and oxygen atoms in total. The van der Waals surface area contributed by atoms with E-state index in [4.69, 9.17) is 0 Å². The van der Waals surface area contributed by atoms with Crippen molar-refractivity contribution >= 4 is 33.1 Å². The molecule has 0 aliphatic heterocycles. The van der Waals surface area contributed by atoms with E-state index >= 15 is 0 Å². The zero-order chi connectivity index (χ0) is 16.3. The van der Waals surface area contributed by atoms with Crippen LogP contribution in [-0.4, -0.2) is 11.6 Å². The molecule has 0 spiro atoms. The summed E-state index contributed by atoms with van der Waals surface area (Å²) in [5.41, 5.74) is 2.35. The Balaban J connectivity index is 1.82. The van der Waals surface area contributed by atoms with E-state index in [1.807, 2.05) is 36.4 Å². The molecule has 0 atom stereocenters.